The third kappa shape index (κ3) is 2.86. The molecule has 0 aliphatic heterocycles. The van der Waals surface area contributed by atoms with Gasteiger partial charge < -0.3 is 5.32 Å². The number of alkyl halides is 1. The van der Waals surface area contributed by atoms with Crippen molar-refractivity contribution in [2.45, 2.75) is 62.7 Å². The van der Waals surface area contributed by atoms with Crippen molar-refractivity contribution in [2.75, 3.05) is 0 Å². The van der Waals surface area contributed by atoms with E-state index in [9.17, 15) is 4.79 Å². The maximum absolute atomic E-state index is 12.5. The van der Waals surface area contributed by atoms with Crippen LogP contribution in [-0.2, 0) is 11.3 Å². The molecule has 0 radical (unpaired) electrons. The normalized spacial score (nSPS) is 39.2. The predicted octanol–water partition coefficient (Wildman–Crippen LogP) is 4.19. The molecule has 4 saturated carbocycles. The molecule has 4 bridgehead atoms. The lowest BCUT2D eigenvalue weighted by Crippen LogP contribution is -2.54. The lowest BCUT2D eigenvalue weighted by molar-refractivity contribution is -0.128. The summed E-state index contributed by atoms with van der Waals surface area (Å²) in [4.78, 5) is 16.9. The van der Waals surface area contributed by atoms with Gasteiger partial charge in [0, 0.05) is 16.1 Å². The Balaban J connectivity index is 1.39. The van der Waals surface area contributed by atoms with Crippen LogP contribution in [0.2, 0.25) is 0 Å². The summed E-state index contributed by atoms with van der Waals surface area (Å²) in [7, 11) is 0. The van der Waals surface area contributed by atoms with E-state index in [1.54, 1.807) is 11.3 Å². The van der Waals surface area contributed by atoms with Crippen LogP contribution in [0.5, 0.6) is 0 Å². The van der Waals surface area contributed by atoms with Crippen molar-refractivity contribution in [2.24, 2.45) is 17.3 Å². The number of nitrogens with zero attached hydrogens (tertiary/aromatic N) is 1. The van der Waals surface area contributed by atoms with Gasteiger partial charge in [-0.15, -0.1) is 11.3 Å². The molecule has 5 heteroatoms. The Hall–Kier alpha value is -0.420. The Morgan fingerprint density at radius 3 is 2.73 bits per heavy atom. The fraction of sp³-hybridized carbons (Fsp3) is 0.765. The van der Waals surface area contributed by atoms with Gasteiger partial charge in [0.1, 0.15) is 0 Å². The smallest absolute Gasteiger partial charge is 0.220 e. The minimum atomic E-state index is 0.212. The first kappa shape index (κ1) is 15.1. The lowest BCUT2D eigenvalue weighted by atomic mass is 9.48. The van der Waals surface area contributed by atoms with E-state index in [1.807, 2.05) is 12.3 Å². The number of aromatic nitrogens is 1. The molecule has 1 aromatic rings. The van der Waals surface area contributed by atoms with Crippen molar-refractivity contribution in [3.05, 3.63) is 16.1 Å². The van der Waals surface area contributed by atoms with Crippen LogP contribution in [-0.4, -0.2) is 15.2 Å². The first-order chi connectivity index (χ1) is 10.4. The van der Waals surface area contributed by atoms with Gasteiger partial charge in [0.25, 0.3) is 0 Å². The molecule has 0 aromatic carbocycles. The fourth-order valence-corrected chi connectivity index (χ4v) is 7.75. The summed E-state index contributed by atoms with van der Waals surface area (Å²) in [6.45, 7) is 2.58. The number of rotatable bonds is 4. The van der Waals surface area contributed by atoms with Gasteiger partial charge in [0.2, 0.25) is 5.91 Å². The molecule has 120 valence electrons. The molecule has 1 heterocycles. The summed E-state index contributed by atoms with van der Waals surface area (Å²) in [6.07, 6.45) is 8.47. The standard InChI is InChI=1S/C17H23BrN2OS/c1-11-20-14(9-22-11)8-19-15(21)7-16-3-12-2-13(4-16)6-17(18,5-12)10-16/h9,12-13H,2-8,10H2,1H3,(H,19,21)/t12-,13-,16?,17?/m1/s1. The molecule has 0 saturated heterocycles. The molecule has 0 unspecified atom stereocenters. The second kappa shape index (κ2) is 5.30. The number of hydrogen-bond acceptors (Lipinski definition) is 3. The average molecular weight is 383 g/mol. The summed E-state index contributed by atoms with van der Waals surface area (Å²) >= 11 is 5.66. The Bertz CT molecular complexity index is 585. The van der Waals surface area contributed by atoms with Crippen LogP contribution < -0.4 is 5.32 Å². The maximum atomic E-state index is 12.5. The molecule has 22 heavy (non-hydrogen) atoms. The van der Waals surface area contributed by atoms with Crippen LogP contribution in [0.1, 0.15) is 55.6 Å². The van der Waals surface area contributed by atoms with Gasteiger partial charge in [0.15, 0.2) is 0 Å². The number of amides is 1. The first-order valence-electron chi connectivity index (χ1n) is 8.30. The summed E-state index contributed by atoms with van der Waals surface area (Å²) in [5.41, 5.74) is 1.24. The van der Waals surface area contributed by atoms with Gasteiger partial charge in [-0.2, -0.15) is 0 Å². The van der Waals surface area contributed by atoms with Gasteiger partial charge in [0.05, 0.1) is 17.2 Å². The third-order valence-electron chi connectivity index (χ3n) is 5.78. The zero-order chi connectivity index (χ0) is 15.4. The van der Waals surface area contributed by atoms with Crippen molar-refractivity contribution in [3.63, 3.8) is 0 Å². The van der Waals surface area contributed by atoms with E-state index in [4.69, 9.17) is 0 Å². The highest BCUT2D eigenvalue weighted by Crippen LogP contribution is 2.65. The minimum Gasteiger partial charge on any atom is -0.350 e. The molecule has 1 aromatic heterocycles. The number of carbonyl (C=O) groups is 1. The van der Waals surface area contributed by atoms with Crippen LogP contribution >= 0.6 is 27.3 Å². The second-order valence-electron chi connectivity index (χ2n) is 7.92. The largest absolute Gasteiger partial charge is 0.350 e. The first-order valence-corrected chi connectivity index (χ1v) is 9.98. The van der Waals surface area contributed by atoms with Gasteiger partial charge in [-0.3, -0.25) is 4.79 Å². The summed E-state index contributed by atoms with van der Waals surface area (Å²) in [5, 5.41) is 6.19. The molecule has 3 nitrogen and oxygen atoms in total. The van der Waals surface area contributed by atoms with E-state index in [-0.39, 0.29) is 11.3 Å². The molecule has 5 rings (SSSR count). The summed E-state index contributed by atoms with van der Waals surface area (Å²) < 4.78 is 0.337. The van der Waals surface area contributed by atoms with E-state index >= 15 is 0 Å². The Kier molecular flexibility index (Phi) is 3.65. The number of nitrogens with one attached hydrogen (secondary N) is 1. The van der Waals surface area contributed by atoms with Crippen molar-refractivity contribution >= 4 is 33.2 Å². The molecule has 0 spiro atoms. The number of thiazole rings is 1. The Morgan fingerprint density at radius 1 is 1.41 bits per heavy atom. The molecule has 1 amide bonds. The fourth-order valence-electron chi connectivity index (χ4n) is 5.62. The monoisotopic (exact) mass is 382 g/mol. The van der Waals surface area contributed by atoms with E-state index in [0.717, 1.165) is 22.5 Å². The molecule has 4 aliphatic carbocycles. The van der Waals surface area contributed by atoms with Crippen molar-refractivity contribution < 1.29 is 4.79 Å². The van der Waals surface area contributed by atoms with E-state index in [0.29, 0.717) is 17.3 Å². The van der Waals surface area contributed by atoms with E-state index in [1.165, 1.54) is 38.5 Å². The Labute approximate surface area is 144 Å². The van der Waals surface area contributed by atoms with E-state index in [2.05, 4.69) is 26.2 Å². The van der Waals surface area contributed by atoms with Crippen LogP contribution in [0.3, 0.4) is 0 Å². The highest BCUT2D eigenvalue weighted by molar-refractivity contribution is 9.10. The zero-order valence-electron chi connectivity index (χ0n) is 13.0. The van der Waals surface area contributed by atoms with Crippen LogP contribution in [0.4, 0.5) is 0 Å². The molecule has 1 N–H and O–H groups in total. The second-order valence-corrected chi connectivity index (χ2v) is 10.7. The molecule has 4 fully saturated rings. The van der Waals surface area contributed by atoms with Gasteiger partial charge in [-0.1, -0.05) is 15.9 Å². The minimum absolute atomic E-state index is 0.212. The SMILES string of the molecule is Cc1nc(CNC(=O)CC23C[C@H]4C[C@@H](CC(Br)(C4)C2)C3)cs1. The third-order valence-corrected chi connectivity index (χ3v) is 7.53. The number of aryl methyl sites for hydroxylation is 1. The highest BCUT2D eigenvalue weighted by Gasteiger charge is 2.57. The summed E-state index contributed by atoms with van der Waals surface area (Å²) in [5.74, 6) is 1.90. The molecule has 2 atom stereocenters. The van der Waals surface area contributed by atoms with Crippen molar-refractivity contribution in [3.8, 4) is 0 Å². The van der Waals surface area contributed by atoms with Crippen LogP contribution in [0.25, 0.3) is 0 Å². The van der Waals surface area contributed by atoms with Crippen LogP contribution in [0.15, 0.2) is 5.38 Å². The predicted molar refractivity (Wildman–Crippen MR) is 92.1 cm³/mol. The van der Waals surface area contributed by atoms with Gasteiger partial charge in [-0.25, -0.2) is 4.98 Å². The van der Waals surface area contributed by atoms with Gasteiger partial charge >= 0.3 is 0 Å². The van der Waals surface area contributed by atoms with E-state index < -0.39 is 0 Å². The molecular formula is C17H23BrN2OS. The van der Waals surface area contributed by atoms with Gasteiger partial charge in [-0.05, 0) is 62.7 Å². The van der Waals surface area contributed by atoms with Crippen molar-refractivity contribution in [1.29, 1.82) is 0 Å². The Morgan fingerprint density at radius 2 is 2.14 bits per heavy atom. The molecular weight excluding hydrogens is 360 g/mol. The highest BCUT2D eigenvalue weighted by atomic mass is 79.9. The zero-order valence-corrected chi connectivity index (χ0v) is 15.4. The van der Waals surface area contributed by atoms with Crippen LogP contribution in [0, 0.1) is 24.2 Å². The number of hydrogen-bond donors (Lipinski definition) is 1. The molecule has 4 aliphatic rings. The van der Waals surface area contributed by atoms with Crippen molar-refractivity contribution in [1.82, 2.24) is 10.3 Å². The summed E-state index contributed by atoms with van der Waals surface area (Å²) in [6, 6.07) is 0. The maximum Gasteiger partial charge on any atom is 0.220 e. The quantitative estimate of drug-likeness (QED) is 0.793. The number of halogens is 1. The topological polar surface area (TPSA) is 42.0 Å². The average Bonchev–Trinajstić information content (AvgIpc) is 2.78. The number of carbonyl (C=O) groups excluding carboxylic acids is 1. The lowest BCUT2D eigenvalue weighted by Gasteiger charge is -2.60.